The molecule has 0 saturated heterocycles. The van der Waals surface area contributed by atoms with Crippen molar-refractivity contribution in [3.63, 3.8) is 0 Å². The summed E-state index contributed by atoms with van der Waals surface area (Å²) in [7, 11) is 1.78. The molecule has 1 aromatic rings. The number of halogens is 3. The van der Waals surface area contributed by atoms with E-state index in [4.69, 9.17) is 5.73 Å². The lowest BCUT2D eigenvalue weighted by Crippen LogP contribution is -2.43. The number of nitrogens with zero attached hydrogens (tertiary/aromatic N) is 1. The lowest BCUT2D eigenvalue weighted by atomic mass is 10.1. The van der Waals surface area contributed by atoms with Crippen molar-refractivity contribution in [1.82, 2.24) is 4.90 Å². The van der Waals surface area contributed by atoms with Crippen LogP contribution in [0.15, 0.2) is 18.2 Å². The summed E-state index contributed by atoms with van der Waals surface area (Å²) in [6, 6.07) is 3.01. The molecular weight excluding hydrogens is 283 g/mol. The van der Waals surface area contributed by atoms with E-state index in [-0.39, 0.29) is 23.3 Å². The highest BCUT2D eigenvalue weighted by Gasteiger charge is 2.33. The molecule has 0 aliphatic carbocycles. The maximum absolute atomic E-state index is 12.8. The molecule has 3 N–H and O–H groups in total. The maximum atomic E-state index is 12.8. The Kier molecular flexibility index (Phi) is 5.22. The average molecular weight is 303 g/mol. The molecule has 4 nitrogen and oxygen atoms in total. The molecule has 0 radical (unpaired) electrons. The molecule has 0 aliphatic heterocycles. The van der Waals surface area contributed by atoms with Crippen LogP contribution in [-0.2, 0) is 11.0 Å². The van der Waals surface area contributed by atoms with Crippen LogP contribution in [-0.4, -0.2) is 29.9 Å². The number of carbonyl (C=O) groups excluding carboxylic acids is 1. The molecule has 0 heterocycles. The van der Waals surface area contributed by atoms with Gasteiger partial charge in [0.1, 0.15) is 0 Å². The molecule has 0 saturated carbocycles. The number of hydrogen-bond donors (Lipinski definition) is 2. The molecule has 0 aromatic heterocycles. The molecule has 118 valence electrons. The van der Waals surface area contributed by atoms with E-state index < -0.39 is 17.8 Å². The van der Waals surface area contributed by atoms with Gasteiger partial charge in [-0.1, -0.05) is 0 Å². The summed E-state index contributed by atoms with van der Waals surface area (Å²) in [6.45, 7) is 5.54. The lowest BCUT2D eigenvalue weighted by molar-refractivity contribution is -0.137. The molecule has 1 rings (SSSR count). The summed E-state index contributed by atoms with van der Waals surface area (Å²) < 4.78 is 38.3. The van der Waals surface area contributed by atoms with Crippen LogP contribution in [0.2, 0.25) is 0 Å². The number of nitrogens with two attached hydrogens (primary N) is 1. The molecule has 21 heavy (non-hydrogen) atoms. The standard InChI is InChI=1S/C14H20F3N3O/c1-8(2)20(4)9(3)13(21)19-10-5-6-12(18)11(7-10)14(15,16)17/h5-9H,18H2,1-4H3,(H,19,21). The summed E-state index contributed by atoms with van der Waals surface area (Å²) in [5, 5.41) is 2.48. The summed E-state index contributed by atoms with van der Waals surface area (Å²) in [5.74, 6) is -0.371. The second-order valence-corrected chi connectivity index (χ2v) is 5.22. The fraction of sp³-hybridized carbons (Fsp3) is 0.500. The van der Waals surface area contributed by atoms with E-state index in [0.29, 0.717) is 0 Å². The smallest absolute Gasteiger partial charge is 0.398 e. The quantitative estimate of drug-likeness (QED) is 0.841. The maximum Gasteiger partial charge on any atom is 0.418 e. The lowest BCUT2D eigenvalue weighted by Gasteiger charge is -2.27. The highest BCUT2D eigenvalue weighted by Crippen LogP contribution is 2.35. The van der Waals surface area contributed by atoms with Crippen molar-refractivity contribution in [2.24, 2.45) is 0 Å². The Balaban J connectivity index is 2.92. The third-order valence-electron chi connectivity index (χ3n) is 3.43. The number of nitrogen functional groups attached to an aromatic ring is 1. The normalized spacial score (nSPS) is 13.6. The van der Waals surface area contributed by atoms with E-state index >= 15 is 0 Å². The van der Waals surface area contributed by atoms with E-state index in [1.165, 1.54) is 6.07 Å². The first-order valence-corrected chi connectivity index (χ1v) is 6.53. The van der Waals surface area contributed by atoms with E-state index in [9.17, 15) is 18.0 Å². The van der Waals surface area contributed by atoms with Crippen LogP contribution in [0.25, 0.3) is 0 Å². The molecule has 1 aromatic carbocycles. The summed E-state index contributed by atoms with van der Waals surface area (Å²) in [6.07, 6.45) is -4.55. The van der Waals surface area contributed by atoms with Gasteiger partial charge in [0.15, 0.2) is 0 Å². The molecular formula is C14H20F3N3O. The molecule has 1 unspecified atom stereocenters. The van der Waals surface area contributed by atoms with Gasteiger partial charge in [-0.2, -0.15) is 13.2 Å². The Morgan fingerprint density at radius 1 is 1.29 bits per heavy atom. The summed E-state index contributed by atoms with van der Waals surface area (Å²) in [5.41, 5.74) is 4.07. The second-order valence-electron chi connectivity index (χ2n) is 5.22. The Morgan fingerprint density at radius 3 is 2.33 bits per heavy atom. The van der Waals surface area contributed by atoms with Gasteiger partial charge in [0.2, 0.25) is 5.91 Å². The third-order valence-corrected chi connectivity index (χ3v) is 3.43. The summed E-state index contributed by atoms with van der Waals surface area (Å²) >= 11 is 0. The van der Waals surface area contributed by atoms with Crippen LogP contribution < -0.4 is 11.1 Å². The van der Waals surface area contributed by atoms with Gasteiger partial charge in [0, 0.05) is 17.4 Å². The van der Waals surface area contributed by atoms with E-state index in [0.717, 1.165) is 12.1 Å². The largest absolute Gasteiger partial charge is 0.418 e. The van der Waals surface area contributed by atoms with E-state index in [2.05, 4.69) is 5.32 Å². The molecule has 7 heteroatoms. The molecule has 0 aliphatic rings. The zero-order valence-electron chi connectivity index (χ0n) is 12.5. The van der Waals surface area contributed by atoms with Crippen molar-refractivity contribution >= 4 is 17.3 Å². The minimum absolute atomic E-state index is 0.0746. The fourth-order valence-corrected chi connectivity index (χ4v) is 1.76. The minimum atomic E-state index is -4.55. The van der Waals surface area contributed by atoms with Crippen LogP contribution in [0.3, 0.4) is 0 Å². The SMILES string of the molecule is CC(C)N(C)C(C)C(=O)Nc1ccc(N)c(C(F)(F)F)c1. The monoisotopic (exact) mass is 303 g/mol. The molecule has 1 atom stereocenters. The topological polar surface area (TPSA) is 58.4 Å². The number of benzene rings is 1. The highest BCUT2D eigenvalue weighted by atomic mass is 19.4. The molecule has 1 amide bonds. The van der Waals surface area contributed by atoms with E-state index in [1.807, 2.05) is 18.7 Å². The van der Waals surface area contributed by atoms with Crippen LogP contribution in [0.5, 0.6) is 0 Å². The zero-order valence-corrected chi connectivity index (χ0v) is 12.5. The van der Waals surface area contributed by atoms with Gasteiger partial charge in [-0.15, -0.1) is 0 Å². The van der Waals surface area contributed by atoms with Crippen LogP contribution in [0, 0.1) is 0 Å². The Bertz CT molecular complexity index is 515. The van der Waals surface area contributed by atoms with Crippen LogP contribution in [0.4, 0.5) is 24.5 Å². The Hall–Kier alpha value is -1.76. The summed E-state index contributed by atoms with van der Waals surface area (Å²) in [4.78, 5) is 13.9. The first-order valence-electron chi connectivity index (χ1n) is 6.53. The second kappa shape index (κ2) is 6.34. The Labute approximate surface area is 122 Å². The highest BCUT2D eigenvalue weighted by molar-refractivity contribution is 5.94. The van der Waals surface area contributed by atoms with Gasteiger partial charge in [-0.25, -0.2) is 0 Å². The minimum Gasteiger partial charge on any atom is -0.398 e. The number of carbonyl (C=O) groups is 1. The first-order chi connectivity index (χ1) is 9.54. The van der Waals surface area contributed by atoms with Crippen molar-refractivity contribution in [3.05, 3.63) is 23.8 Å². The fourth-order valence-electron chi connectivity index (χ4n) is 1.76. The number of hydrogen-bond acceptors (Lipinski definition) is 3. The van der Waals surface area contributed by atoms with Gasteiger partial charge in [0.05, 0.1) is 11.6 Å². The number of nitrogens with one attached hydrogen (secondary N) is 1. The van der Waals surface area contributed by atoms with Crippen molar-refractivity contribution in [2.45, 2.75) is 39.0 Å². The predicted molar refractivity (Wildman–Crippen MR) is 76.8 cm³/mol. The van der Waals surface area contributed by atoms with Gasteiger partial charge in [0.25, 0.3) is 0 Å². The van der Waals surface area contributed by atoms with Gasteiger partial charge in [-0.3, -0.25) is 9.69 Å². The predicted octanol–water partition coefficient (Wildman–Crippen LogP) is 2.95. The number of anilines is 2. The third kappa shape index (κ3) is 4.35. The number of alkyl halides is 3. The Morgan fingerprint density at radius 2 is 1.86 bits per heavy atom. The number of amides is 1. The first kappa shape index (κ1) is 17.3. The molecule has 0 bridgehead atoms. The van der Waals surface area contributed by atoms with Crippen LogP contribution >= 0.6 is 0 Å². The van der Waals surface area contributed by atoms with Crippen molar-refractivity contribution in [2.75, 3.05) is 18.1 Å². The van der Waals surface area contributed by atoms with Crippen molar-refractivity contribution in [3.8, 4) is 0 Å². The molecule has 0 fully saturated rings. The average Bonchev–Trinajstić information content (AvgIpc) is 2.37. The zero-order chi connectivity index (χ0) is 16.4. The molecule has 0 spiro atoms. The van der Waals surface area contributed by atoms with Gasteiger partial charge in [-0.05, 0) is 46.0 Å². The van der Waals surface area contributed by atoms with Gasteiger partial charge < -0.3 is 11.1 Å². The van der Waals surface area contributed by atoms with Crippen LogP contribution in [0.1, 0.15) is 26.3 Å². The van der Waals surface area contributed by atoms with E-state index in [1.54, 1.807) is 14.0 Å². The van der Waals surface area contributed by atoms with Gasteiger partial charge >= 0.3 is 6.18 Å². The van der Waals surface area contributed by atoms with Crippen molar-refractivity contribution in [1.29, 1.82) is 0 Å². The van der Waals surface area contributed by atoms with Crippen molar-refractivity contribution < 1.29 is 18.0 Å². The number of likely N-dealkylation sites (N-methyl/N-ethyl adjacent to an activating group) is 1. The number of rotatable bonds is 4.